The molecule has 2 aliphatic rings. The molecule has 2 saturated heterocycles. The SMILES string of the molecule is Fc1ncccc1C1CC2CCC(C1)N2. The standard InChI is InChI=1S/C12H15FN2/c13-12-11(2-1-5-14-12)8-6-9-3-4-10(7-8)15-9/h1-2,5,8-10,15H,3-4,6-7H2. The van der Waals surface area contributed by atoms with E-state index in [9.17, 15) is 4.39 Å². The Bertz CT molecular complexity index is 354. The second-order valence-electron chi connectivity index (χ2n) is 4.69. The molecule has 3 heterocycles. The van der Waals surface area contributed by atoms with E-state index in [0.717, 1.165) is 18.4 Å². The minimum absolute atomic E-state index is 0.274. The Labute approximate surface area is 88.9 Å². The summed E-state index contributed by atoms with van der Waals surface area (Å²) >= 11 is 0. The van der Waals surface area contributed by atoms with E-state index in [1.165, 1.54) is 19.0 Å². The molecule has 3 rings (SSSR count). The topological polar surface area (TPSA) is 24.9 Å². The van der Waals surface area contributed by atoms with Crippen LogP contribution in [0, 0.1) is 5.95 Å². The van der Waals surface area contributed by atoms with Gasteiger partial charge < -0.3 is 5.32 Å². The molecule has 1 N–H and O–H groups in total. The molecule has 1 aromatic heterocycles. The van der Waals surface area contributed by atoms with Crippen LogP contribution in [-0.2, 0) is 0 Å². The summed E-state index contributed by atoms with van der Waals surface area (Å²) in [6, 6.07) is 4.93. The van der Waals surface area contributed by atoms with E-state index in [1.807, 2.05) is 12.1 Å². The quantitative estimate of drug-likeness (QED) is 0.713. The van der Waals surface area contributed by atoms with Crippen molar-refractivity contribution in [3.8, 4) is 0 Å². The highest BCUT2D eigenvalue weighted by atomic mass is 19.1. The second kappa shape index (κ2) is 3.56. The predicted octanol–water partition coefficient (Wildman–Crippen LogP) is 2.22. The summed E-state index contributed by atoms with van der Waals surface area (Å²) in [6.07, 6.45) is 6.17. The summed E-state index contributed by atoms with van der Waals surface area (Å²) in [7, 11) is 0. The molecular formula is C12H15FN2. The van der Waals surface area contributed by atoms with Gasteiger partial charge in [-0.25, -0.2) is 4.98 Å². The van der Waals surface area contributed by atoms with Crippen molar-refractivity contribution in [2.24, 2.45) is 0 Å². The Balaban J connectivity index is 1.86. The van der Waals surface area contributed by atoms with Gasteiger partial charge in [-0.15, -0.1) is 0 Å². The van der Waals surface area contributed by atoms with Crippen molar-refractivity contribution >= 4 is 0 Å². The van der Waals surface area contributed by atoms with Crippen molar-refractivity contribution < 1.29 is 4.39 Å². The summed E-state index contributed by atoms with van der Waals surface area (Å²) in [5, 5.41) is 3.57. The van der Waals surface area contributed by atoms with Crippen LogP contribution in [0.4, 0.5) is 4.39 Å². The zero-order valence-electron chi connectivity index (χ0n) is 8.62. The summed E-state index contributed by atoms with van der Waals surface area (Å²) < 4.78 is 13.5. The Kier molecular flexibility index (Phi) is 2.20. The first-order valence-electron chi connectivity index (χ1n) is 5.69. The minimum atomic E-state index is -0.274. The summed E-state index contributed by atoms with van der Waals surface area (Å²) in [5.41, 5.74) is 0.816. The second-order valence-corrected chi connectivity index (χ2v) is 4.69. The molecule has 0 saturated carbocycles. The minimum Gasteiger partial charge on any atom is -0.311 e. The third-order valence-electron chi connectivity index (χ3n) is 3.70. The number of fused-ring (bicyclic) bond motifs is 2. The molecule has 1 aromatic rings. The number of aromatic nitrogens is 1. The van der Waals surface area contributed by atoms with Gasteiger partial charge in [-0.1, -0.05) is 6.07 Å². The van der Waals surface area contributed by atoms with Crippen LogP contribution in [0.3, 0.4) is 0 Å². The first kappa shape index (κ1) is 9.28. The molecule has 2 unspecified atom stereocenters. The summed E-state index contributed by atoms with van der Waals surface area (Å²) in [5.74, 6) is 0.0984. The summed E-state index contributed by atoms with van der Waals surface area (Å²) in [4.78, 5) is 3.74. The number of halogens is 1. The normalized spacial score (nSPS) is 34.3. The van der Waals surface area contributed by atoms with Gasteiger partial charge >= 0.3 is 0 Å². The van der Waals surface area contributed by atoms with Gasteiger partial charge in [0.1, 0.15) is 0 Å². The van der Waals surface area contributed by atoms with Crippen LogP contribution in [0.1, 0.15) is 37.2 Å². The van der Waals surface area contributed by atoms with E-state index < -0.39 is 0 Å². The van der Waals surface area contributed by atoms with E-state index in [1.54, 1.807) is 0 Å². The number of hydrogen-bond acceptors (Lipinski definition) is 2. The Morgan fingerprint density at radius 2 is 2.00 bits per heavy atom. The first-order chi connectivity index (χ1) is 7.33. The Hall–Kier alpha value is -0.960. The highest BCUT2D eigenvalue weighted by molar-refractivity contribution is 5.19. The molecule has 0 spiro atoms. The molecule has 2 bridgehead atoms. The van der Waals surface area contributed by atoms with Gasteiger partial charge in [0, 0.05) is 23.8 Å². The van der Waals surface area contributed by atoms with Crippen LogP contribution in [0.2, 0.25) is 0 Å². The van der Waals surface area contributed by atoms with E-state index >= 15 is 0 Å². The van der Waals surface area contributed by atoms with Crippen molar-refractivity contribution in [2.75, 3.05) is 0 Å². The third kappa shape index (κ3) is 1.65. The molecule has 2 aliphatic heterocycles. The lowest BCUT2D eigenvalue weighted by atomic mass is 9.87. The van der Waals surface area contributed by atoms with Crippen LogP contribution < -0.4 is 5.32 Å². The molecule has 2 nitrogen and oxygen atoms in total. The van der Waals surface area contributed by atoms with Gasteiger partial charge in [0.15, 0.2) is 0 Å². The zero-order chi connectivity index (χ0) is 10.3. The van der Waals surface area contributed by atoms with Gasteiger partial charge in [-0.2, -0.15) is 4.39 Å². The smallest absolute Gasteiger partial charge is 0.216 e. The summed E-state index contributed by atoms with van der Waals surface area (Å²) in [6.45, 7) is 0. The molecular weight excluding hydrogens is 191 g/mol. The lowest BCUT2D eigenvalue weighted by molar-refractivity contribution is 0.354. The molecule has 80 valence electrons. The Morgan fingerprint density at radius 1 is 1.27 bits per heavy atom. The van der Waals surface area contributed by atoms with Crippen LogP contribution in [-0.4, -0.2) is 17.1 Å². The van der Waals surface area contributed by atoms with Crippen molar-refractivity contribution in [1.82, 2.24) is 10.3 Å². The molecule has 15 heavy (non-hydrogen) atoms. The van der Waals surface area contributed by atoms with Gasteiger partial charge in [0.25, 0.3) is 0 Å². The fourth-order valence-electron chi connectivity index (χ4n) is 3.01. The van der Waals surface area contributed by atoms with Crippen molar-refractivity contribution in [2.45, 2.75) is 43.7 Å². The third-order valence-corrected chi connectivity index (χ3v) is 3.70. The fraction of sp³-hybridized carbons (Fsp3) is 0.583. The van der Waals surface area contributed by atoms with Crippen LogP contribution >= 0.6 is 0 Å². The van der Waals surface area contributed by atoms with Gasteiger partial charge in [-0.05, 0) is 37.7 Å². The lowest BCUT2D eigenvalue weighted by Gasteiger charge is -2.29. The van der Waals surface area contributed by atoms with Gasteiger partial charge in [0.05, 0.1) is 0 Å². The Morgan fingerprint density at radius 3 is 2.67 bits per heavy atom. The van der Waals surface area contributed by atoms with Crippen LogP contribution in [0.5, 0.6) is 0 Å². The number of piperidine rings is 1. The number of nitrogens with one attached hydrogen (secondary N) is 1. The first-order valence-corrected chi connectivity index (χ1v) is 5.69. The van der Waals surface area contributed by atoms with E-state index in [-0.39, 0.29) is 5.95 Å². The van der Waals surface area contributed by atoms with E-state index in [0.29, 0.717) is 18.0 Å². The predicted molar refractivity (Wildman–Crippen MR) is 56.1 cm³/mol. The monoisotopic (exact) mass is 206 g/mol. The number of pyridine rings is 1. The molecule has 0 radical (unpaired) electrons. The van der Waals surface area contributed by atoms with Gasteiger partial charge in [-0.3, -0.25) is 0 Å². The molecule has 2 atom stereocenters. The fourth-order valence-corrected chi connectivity index (χ4v) is 3.01. The maximum atomic E-state index is 13.5. The number of rotatable bonds is 1. The maximum Gasteiger partial charge on any atom is 0.216 e. The molecule has 2 fully saturated rings. The highest BCUT2D eigenvalue weighted by Crippen LogP contribution is 2.37. The maximum absolute atomic E-state index is 13.5. The van der Waals surface area contributed by atoms with Crippen LogP contribution in [0.15, 0.2) is 18.3 Å². The van der Waals surface area contributed by atoms with E-state index in [4.69, 9.17) is 0 Å². The molecule has 3 heteroatoms. The molecule has 0 amide bonds. The average Bonchev–Trinajstić information content (AvgIpc) is 2.58. The average molecular weight is 206 g/mol. The number of hydrogen-bond donors (Lipinski definition) is 1. The largest absolute Gasteiger partial charge is 0.311 e. The van der Waals surface area contributed by atoms with E-state index in [2.05, 4.69) is 10.3 Å². The molecule has 0 aromatic carbocycles. The van der Waals surface area contributed by atoms with Crippen molar-refractivity contribution in [3.05, 3.63) is 29.8 Å². The van der Waals surface area contributed by atoms with Crippen molar-refractivity contribution in [1.29, 1.82) is 0 Å². The van der Waals surface area contributed by atoms with Gasteiger partial charge in [0.2, 0.25) is 5.95 Å². The zero-order valence-corrected chi connectivity index (χ0v) is 8.62. The lowest BCUT2D eigenvalue weighted by Crippen LogP contribution is -2.37. The highest BCUT2D eigenvalue weighted by Gasteiger charge is 2.34. The van der Waals surface area contributed by atoms with Crippen molar-refractivity contribution in [3.63, 3.8) is 0 Å². The number of nitrogens with zero attached hydrogens (tertiary/aromatic N) is 1. The molecule has 0 aliphatic carbocycles. The van der Waals surface area contributed by atoms with Crippen LogP contribution in [0.25, 0.3) is 0 Å².